The lowest BCUT2D eigenvalue weighted by molar-refractivity contribution is 0.468. The first-order valence-electron chi connectivity index (χ1n) is 6.25. The van der Waals surface area contributed by atoms with Crippen LogP contribution >= 0.6 is 11.6 Å². The van der Waals surface area contributed by atoms with Gasteiger partial charge in [0.25, 0.3) is 0 Å². The summed E-state index contributed by atoms with van der Waals surface area (Å²) in [6.45, 7) is 0. The van der Waals surface area contributed by atoms with Crippen LogP contribution in [-0.4, -0.2) is 26.0 Å². The van der Waals surface area contributed by atoms with Gasteiger partial charge in [-0.25, -0.2) is 12.8 Å². The number of hydrogen-bond acceptors (Lipinski definition) is 3. The third-order valence-electron chi connectivity index (χ3n) is 3.46. The molecule has 1 aromatic carbocycles. The highest BCUT2D eigenvalue weighted by atomic mass is 35.5. The fourth-order valence-corrected chi connectivity index (χ4v) is 4.66. The second-order valence-corrected chi connectivity index (χ2v) is 7.84. The number of nitrogens with two attached hydrogens (primary N) is 1. The SMILES string of the molecule is NC(Cc1ccc(F)cc1Cl)CC1CCS(=O)(=O)C1. The van der Waals surface area contributed by atoms with Crippen molar-refractivity contribution in [3.8, 4) is 0 Å². The van der Waals surface area contributed by atoms with Crippen LogP contribution < -0.4 is 5.73 Å². The summed E-state index contributed by atoms with van der Waals surface area (Å²) in [5.74, 6) is 0.267. The molecule has 106 valence electrons. The molecule has 0 aromatic heterocycles. The Bertz CT molecular complexity index is 562. The van der Waals surface area contributed by atoms with Gasteiger partial charge in [-0.3, -0.25) is 0 Å². The zero-order chi connectivity index (χ0) is 14.0. The predicted octanol–water partition coefficient (Wildman–Crippen LogP) is 2.17. The monoisotopic (exact) mass is 305 g/mol. The van der Waals surface area contributed by atoms with Crippen molar-refractivity contribution in [2.45, 2.75) is 25.3 Å². The molecule has 19 heavy (non-hydrogen) atoms. The Kier molecular flexibility index (Phi) is 4.48. The molecule has 0 saturated carbocycles. The molecule has 0 bridgehead atoms. The maximum Gasteiger partial charge on any atom is 0.150 e. The van der Waals surface area contributed by atoms with E-state index in [1.54, 1.807) is 6.07 Å². The normalized spacial score (nSPS) is 23.4. The van der Waals surface area contributed by atoms with E-state index in [4.69, 9.17) is 17.3 Å². The molecule has 2 unspecified atom stereocenters. The van der Waals surface area contributed by atoms with Crippen molar-refractivity contribution in [2.75, 3.05) is 11.5 Å². The van der Waals surface area contributed by atoms with Crippen molar-refractivity contribution in [2.24, 2.45) is 11.7 Å². The summed E-state index contributed by atoms with van der Waals surface area (Å²) >= 11 is 5.94. The first-order valence-corrected chi connectivity index (χ1v) is 8.45. The molecular weight excluding hydrogens is 289 g/mol. The second kappa shape index (κ2) is 5.77. The van der Waals surface area contributed by atoms with E-state index >= 15 is 0 Å². The molecule has 1 fully saturated rings. The Morgan fingerprint density at radius 3 is 2.79 bits per heavy atom. The Labute approximate surface area is 117 Å². The van der Waals surface area contributed by atoms with Gasteiger partial charge >= 0.3 is 0 Å². The third kappa shape index (κ3) is 4.16. The second-order valence-electron chi connectivity index (χ2n) is 5.20. The van der Waals surface area contributed by atoms with E-state index in [-0.39, 0.29) is 29.3 Å². The summed E-state index contributed by atoms with van der Waals surface area (Å²) in [7, 11) is -2.86. The molecule has 0 spiro atoms. The van der Waals surface area contributed by atoms with Crippen LogP contribution in [0.5, 0.6) is 0 Å². The highest BCUT2D eigenvalue weighted by Crippen LogP contribution is 2.25. The molecule has 2 N–H and O–H groups in total. The van der Waals surface area contributed by atoms with Crippen molar-refractivity contribution in [1.29, 1.82) is 0 Å². The first kappa shape index (κ1) is 14.8. The molecule has 2 rings (SSSR count). The minimum absolute atomic E-state index is 0.138. The Balaban J connectivity index is 1.93. The molecule has 1 saturated heterocycles. The summed E-state index contributed by atoms with van der Waals surface area (Å²) in [6, 6.07) is 4.10. The minimum Gasteiger partial charge on any atom is -0.327 e. The first-order chi connectivity index (χ1) is 8.85. The van der Waals surface area contributed by atoms with Gasteiger partial charge in [-0.15, -0.1) is 0 Å². The molecule has 6 heteroatoms. The lowest BCUT2D eigenvalue weighted by Gasteiger charge is -2.16. The van der Waals surface area contributed by atoms with Crippen LogP contribution in [0, 0.1) is 11.7 Å². The van der Waals surface area contributed by atoms with Gasteiger partial charge in [0.1, 0.15) is 5.82 Å². The number of benzene rings is 1. The van der Waals surface area contributed by atoms with Crippen LogP contribution in [0.25, 0.3) is 0 Å². The highest BCUT2D eigenvalue weighted by molar-refractivity contribution is 7.91. The average molecular weight is 306 g/mol. The Hall–Kier alpha value is -0.650. The predicted molar refractivity (Wildman–Crippen MR) is 74.5 cm³/mol. The van der Waals surface area contributed by atoms with E-state index < -0.39 is 9.84 Å². The van der Waals surface area contributed by atoms with Crippen molar-refractivity contribution in [3.05, 3.63) is 34.6 Å². The van der Waals surface area contributed by atoms with Crippen molar-refractivity contribution < 1.29 is 12.8 Å². The summed E-state index contributed by atoms with van der Waals surface area (Å²) in [5, 5.41) is 0.370. The van der Waals surface area contributed by atoms with Gasteiger partial charge in [-0.2, -0.15) is 0 Å². The van der Waals surface area contributed by atoms with Crippen LogP contribution in [0.2, 0.25) is 5.02 Å². The van der Waals surface area contributed by atoms with Gasteiger partial charge in [0.05, 0.1) is 11.5 Å². The summed E-state index contributed by atoms with van der Waals surface area (Å²) < 4.78 is 35.7. The van der Waals surface area contributed by atoms with Gasteiger partial charge < -0.3 is 5.73 Å². The molecule has 3 nitrogen and oxygen atoms in total. The minimum atomic E-state index is -2.86. The molecule has 0 aliphatic carbocycles. The summed E-state index contributed by atoms with van der Waals surface area (Å²) in [6.07, 6.45) is 1.88. The number of rotatable bonds is 4. The van der Waals surface area contributed by atoms with Crippen LogP contribution in [-0.2, 0) is 16.3 Å². The van der Waals surface area contributed by atoms with E-state index in [9.17, 15) is 12.8 Å². The zero-order valence-corrected chi connectivity index (χ0v) is 12.1. The lowest BCUT2D eigenvalue weighted by atomic mass is 9.95. The van der Waals surface area contributed by atoms with E-state index in [1.807, 2.05) is 0 Å². The molecular formula is C13H17ClFNO2S. The molecule has 1 heterocycles. The molecule has 1 aliphatic heterocycles. The Morgan fingerprint density at radius 2 is 2.21 bits per heavy atom. The van der Waals surface area contributed by atoms with E-state index in [0.29, 0.717) is 24.3 Å². The number of halogens is 2. The molecule has 0 amide bonds. The van der Waals surface area contributed by atoms with Crippen LogP contribution in [0.4, 0.5) is 4.39 Å². The van der Waals surface area contributed by atoms with Gasteiger partial charge in [-0.05, 0) is 42.9 Å². The molecule has 1 aliphatic rings. The highest BCUT2D eigenvalue weighted by Gasteiger charge is 2.29. The van der Waals surface area contributed by atoms with Crippen LogP contribution in [0.3, 0.4) is 0 Å². The Morgan fingerprint density at radius 1 is 1.47 bits per heavy atom. The van der Waals surface area contributed by atoms with Gasteiger partial charge in [0, 0.05) is 11.1 Å². The number of hydrogen-bond donors (Lipinski definition) is 1. The van der Waals surface area contributed by atoms with Gasteiger partial charge in [0.2, 0.25) is 0 Å². The largest absolute Gasteiger partial charge is 0.327 e. The maximum absolute atomic E-state index is 12.9. The molecule has 0 radical (unpaired) electrons. The molecule has 1 aromatic rings. The zero-order valence-electron chi connectivity index (χ0n) is 10.5. The standard InChI is InChI=1S/C13H17ClFNO2S/c14-13-7-11(15)2-1-10(13)6-12(16)5-9-3-4-19(17,18)8-9/h1-2,7,9,12H,3-6,8,16H2. The molecule has 2 atom stereocenters. The fraction of sp³-hybridized carbons (Fsp3) is 0.538. The average Bonchev–Trinajstić information content (AvgIpc) is 2.62. The van der Waals surface area contributed by atoms with Gasteiger partial charge in [-0.1, -0.05) is 17.7 Å². The van der Waals surface area contributed by atoms with Crippen LogP contribution in [0.1, 0.15) is 18.4 Å². The lowest BCUT2D eigenvalue weighted by Crippen LogP contribution is -2.26. The number of sulfone groups is 1. The van der Waals surface area contributed by atoms with Crippen molar-refractivity contribution in [1.82, 2.24) is 0 Å². The van der Waals surface area contributed by atoms with Crippen molar-refractivity contribution in [3.63, 3.8) is 0 Å². The smallest absolute Gasteiger partial charge is 0.150 e. The van der Waals surface area contributed by atoms with Crippen molar-refractivity contribution >= 4 is 21.4 Å². The van der Waals surface area contributed by atoms with Gasteiger partial charge in [0.15, 0.2) is 9.84 Å². The maximum atomic E-state index is 12.9. The fourth-order valence-electron chi connectivity index (χ4n) is 2.54. The summed E-state index contributed by atoms with van der Waals surface area (Å²) in [4.78, 5) is 0. The van der Waals surface area contributed by atoms with E-state index in [0.717, 1.165) is 5.56 Å². The van der Waals surface area contributed by atoms with Crippen LogP contribution in [0.15, 0.2) is 18.2 Å². The van der Waals surface area contributed by atoms with E-state index in [1.165, 1.54) is 12.1 Å². The third-order valence-corrected chi connectivity index (χ3v) is 5.65. The summed E-state index contributed by atoms with van der Waals surface area (Å²) in [5.41, 5.74) is 6.84. The topological polar surface area (TPSA) is 60.2 Å². The quantitative estimate of drug-likeness (QED) is 0.927. The van der Waals surface area contributed by atoms with E-state index in [2.05, 4.69) is 0 Å².